The highest BCUT2D eigenvalue weighted by molar-refractivity contribution is 7.10. The minimum Gasteiger partial charge on any atom is -0.465 e. The van der Waals surface area contributed by atoms with Crippen molar-refractivity contribution in [3.05, 3.63) is 87.1 Å². The molecule has 0 fully saturated rings. The third-order valence-electron chi connectivity index (χ3n) is 5.73. The minimum absolute atomic E-state index is 0.0299. The van der Waals surface area contributed by atoms with E-state index in [-0.39, 0.29) is 12.3 Å². The number of nitro benzene ring substituents is 1. The molecule has 2 heterocycles. The number of esters is 1. The lowest BCUT2D eigenvalue weighted by molar-refractivity contribution is -0.384. The van der Waals surface area contributed by atoms with Crippen LogP contribution in [-0.4, -0.2) is 34.2 Å². The summed E-state index contributed by atoms with van der Waals surface area (Å²) >= 11 is 1.27. The number of hydrogen-bond donors (Lipinski definition) is 0. The molecule has 1 aromatic heterocycles. The number of non-ortho nitro benzene ring substituents is 1. The lowest BCUT2D eigenvalue weighted by Crippen LogP contribution is -2.33. The van der Waals surface area contributed by atoms with Gasteiger partial charge in [0.1, 0.15) is 10.9 Å². The number of nitrogens with zero attached hydrogens (tertiary/aromatic N) is 3. The van der Waals surface area contributed by atoms with Gasteiger partial charge in [0.05, 0.1) is 30.4 Å². The van der Waals surface area contributed by atoms with Crippen molar-refractivity contribution in [2.24, 2.45) is 10.9 Å². The number of rotatable bonds is 9. The molecular formula is C25H25N3O5S. The summed E-state index contributed by atoms with van der Waals surface area (Å²) in [6, 6.07) is 16.3. The molecule has 0 amide bonds. The number of hydrogen-bond acceptors (Lipinski definition) is 8. The van der Waals surface area contributed by atoms with E-state index in [1.807, 2.05) is 30.3 Å². The fourth-order valence-corrected chi connectivity index (χ4v) is 5.11. The van der Waals surface area contributed by atoms with Crippen LogP contribution in [0.4, 0.5) is 10.7 Å². The maximum Gasteiger partial charge on any atom is 0.315 e. The van der Waals surface area contributed by atoms with Gasteiger partial charge in [-0.05, 0) is 36.5 Å². The van der Waals surface area contributed by atoms with Crippen molar-refractivity contribution in [3.63, 3.8) is 0 Å². The summed E-state index contributed by atoms with van der Waals surface area (Å²) in [6.45, 7) is 4.71. The molecule has 0 bridgehead atoms. The normalized spacial score (nSPS) is 17.1. The van der Waals surface area contributed by atoms with Gasteiger partial charge in [0.25, 0.3) is 5.69 Å². The Morgan fingerprint density at radius 3 is 2.71 bits per heavy atom. The van der Waals surface area contributed by atoms with E-state index >= 15 is 0 Å². The molecule has 0 saturated heterocycles. The molecule has 4 rings (SSSR count). The van der Waals surface area contributed by atoms with E-state index in [9.17, 15) is 14.9 Å². The van der Waals surface area contributed by atoms with Gasteiger partial charge >= 0.3 is 5.97 Å². The number of nitro groups is 1. The van der Waals surface area contributed by atoms with Crippen molar-refractivity contribution in [1.82, 2.24) is 4.37 Å². The standard InChI is InChI=1S/C25H25N3O5S/c1-3-33-25(29)21-16(2)26-24-23(22(21)18-10-7-11-19(14-18)28(30)31)20(27-34-24)12-13-32-15-17-8-5-4-6-9-17/h4-11,14,21-22H,3,12-13,15H2,1-2H3. The molecule has 1 aliphatic rings. The number of aliphatic imine (C=N–C) groups is 1. The molecule has 1 aliphatic heterocycles. The Labute approximate surface area is 201 Å². The summed E-state index contributed by atoms with van der Waals surface area (Å²) in [5.41, 5.74) is 3.93. The van der Waals surface area contributed by atoms with Gasteiger partial charge in [0, 0.05) is 35.7 Å². The number of aromatic nitrogens is 1. The quantitative estimate of drug-likeness (QED) is 0.180. The summed E-state index contributed by atoms with van der Waals surface area (Å²) in [4.78, 5) is 28.7. The van der Waals surface area contributed by atoms with Crippen LogP contribution in [0.15, 0.2) is 59.6 Å². The maximum atomic E-state index is 13.0. The van der Waals surface area contributed by atoms with Crippen molar-refractivity contribution < 1.29 is 19.2 Å². The Morgan fingerprint density at radius 2 is 1.97 bits per heavy atom. The third-order valence-corrected chi connectivity index (χ3v) is 6.53. The van der Waals surface area contributed by atoms with Gasteiger partial charge in [0.2, 0.25) is 0 Å². The molecule has 9 heteroatoms. The Kier molecular flexibility index (Phi) is 7.44. The molecule has 3 aromatic rings. The molecule has 176 valence electrons. The molecule has 8 nitrogen and oxygen atoms in total. The number of fused-ring (bicyclic) bond motifs is 1. The number of carbonyl (C=O) groups is 1. The van der Waals surface area contributed by atoms with Crippen molar-refractivity contribution in [2.75, 3.05) is 13.2 Å². The first kappa shape index (κ1) is 23.7. The van der Waals surface area contributed by atoms with Gasteiger partial charge in [0.15, 0.2) is 0 Å². The highest BCUT2D eigenvalue weighted by Gasteiger charge is 2.41. The van der Waals surface area contributed by atoms with Gasteiger partial charge in [-0.1, -0.05) is 42.5 Å². The molecule has 0 radical (unpaired) electrons. The molecule has 0 spiro atoms. The Bertz CT molecular complexity index is 1210. The first-order chi connectivity index (χ1) is 16.5. The predicted molar refractivity (Wildman–Crippen MR) is 130 cm³/mol. The topological polar surface area (TPSA) is 104 Å². The molecule has 2 aromatic carbocycles. The number of ether oxygens (including phenoxy) is 2. The van der Waals surface area contributed by atoms with E-state index in [0.717, 1.165) is 16.8 Å². The van der Waals surface area contributed by atoms with Gasteiger partial charge in [-0.2, -0.15) is 4.37 Å². The summed E-state index contributed by atoms with van der Waals surface area (Å²) < 4.78 is 15.8. The zero-order valence-electron chi connectivity index (χ0n) is 19.0. The van der Waals surface area contributed by atoms with Crippen LogP contribution in [0.5, 0.6) is 0 Å². The van der Waals surface area contributed by atoms with Crippen molar-refractivity contribution >= 4 is 33.9 Å². The van der Waals surface area contributed by atoms with Crippen LogP contribution in [0.25, 0.3) is 0 Å². The Morgan fingerprint density at radius 1 is 1.18 bits per heavy atom. The molecule has 0 saturated carbocycles. The van der Waals surface area contributed by atoms with E-state index in [1.54, 1.807) is 26.0 Å². The van der Waals surface area contributed by atoms with Crippen LogP contribution in [0.2, 0.25) is 0 Å². The molecule has 2 atom stereocenters. The van der Waals surface area contributed by atoms with Crippen molar-refractivity contribution in [1.29, 1.82) is 0 Å². The van der Waals surface area contributed by atoms with Crippen LogP contribution < -0.4 is 0 Å². The average Bonchev–Trinajstić information content (AvgIpc) is 3.24. The van der Waals surface area contributed by atoms with E-state index in [2.05, 4.69) is 9.37 Å². The van der Waals surface area contributed by atoms with Crippen molar-refractivity contribution in [3.8, 4) is 0 Å². The molecule has 34 heavy (non-hydrogen) atoms. The fraction of sp³-hybridized carbons (Fsp3) is 0.320. The minimum atomic E-state index is -0.685. The largest absolute Gasteiger partial charge is 0.465 e. The molecule has 2 unspecified atom stereocenters. The van der Waals surface area contributed by atoms with Crippen LogP contribution in [0.3, 0.4) is 0 Å². The number of carbonyl (C=O) groups excluding carboxylic acids is 1. The average molecular weight is 480 g/mol. The number of benzene rings is 2. The Balaban J connectivity index is 1.66. The lowest BCUT2D eigenvalue weighted by atomic mass is 9.76. The lowest BCUT2D eigenvalue weighted by Gasteiger charge is -2.30. The predicted octanol–water partition coefficient (Wildman–Crippen LogP) is 5.23. The van der Waals surface area contributed by atoms with E-state index in [1.165, 1.54) is 23.7 Å². The smallest absolute Gasteiger partial charge is 0.315 e. The Hall–Kier alpha value is -3.43. The van der Waals surface area contributed by atoms with Gasteiger partial charge in [-0.3, -0.25) is 14.9 Å². The first-order valence-corrected chi connectivity index (χ1v) is 11.8. The first-order valence-electron chi connectivity index (χ1n) is 11.1. The molecule has 0 aliphatic carbocycles. The van der Waals surface area contributed by atoms with Gasteiger partial charge in [-0.15, -0.1) is 0 Å². The zero-order valence-corrected chi connectivity index (χ0v) is 19.8. The molecule has 0 N–H and O–H groups in total. The van der Waals surface area contributed by atoms with Crippen LogP contribution in [-0.2, 0) is 27.3 Å². The maximum absolute atomic E-state index is 13.0. The molecular weight excluding hydrogens is 454 g/mol. The SMILES string of the molecule is CCOC(=O)C1C(C)=Nc2snc(CCOCc3ccccc3)c2C1c1cccc([N+](=O)[O-])c1. The third kappa shape index (κ3) is 5.05. The van der Waals surface area contributed by atoms with Gasteiger partial charge in [-0.25, -0.2) is 4.99 Å². The fourth-order valence-electron chi connectivity index (χ4n) is 4.19. The van der Waals surface area contributed by atoms with E-state index in [0.29, 0.717) is 35.9 Å². The van der Waals surface area contributed by atoms with Crippen molar-refractivity contribution in [2.45, 2.75) is 32.8 Å². The second-order valence-electron chi connectivity index (χ2n) is 7.95. The summed E-state index contributed by atoms with van der Waals surface area (Å²) in [5, 5.41) is 12.2. The van der Waals surface area contributed by atoms with Crippen LogP contribution in [0.1, 0.15) is 42.1 Å². The monoisotopic (exact) mass is 479 g/mol. The second kappa shape index (κ2) is 10.7. The van der Waals surface area contributed by atoms with E-state index < -0.39 is 22.7 Å². The zero-order chi connectivity index (χ0) is 24.1. The summed E-state index contributed by atoms with van der Waals surface area (Å²) in [7, 11) is 0. The van der Waals surface area contributed by atoms with Crippen LogP contribution in [0, 0.1) is 16.0 Å². The van der Waals surface area contributed by atoms with Gasteiger partial charge < -0.3 is 9.47 Å². The van der Waals surface area contributed by atoms with E-state index in [4.69, 9.17) is 9.47 Å². The second-order valence-corrected chi connectivity index (χ2v) is 8.70. The van der Waals surface area contributed by atoms with Crippen LogP contribution >= 0.6 is 11.5 Å². The highest BCUT2D eigenvalue weighted by atomic mass is 32.1. The summed E-state index contributed by atoms with van der Waals surface area (Å²) in [5.74, 6) is -1.56. The summed E-state index contributed by atoms with van der Waals surface area (Å²) in [6.07, 6.45) is 0.536. The highest BCUT2D eigenvalue weighted by Crippen LogP contribution is 2.47.